The SMILES string of the molecule is CC1CCC2C3(C)COC4(C)CCC12CC43. The van der Waals surface area contributed by atoms with Crippen molar-refractivity contribution in [3.05, 3.63) is 0 Å². The quantitative estimate of drug-likeness (QED) is 0.606. The molecule has 4 fully saturated rings. The van der Waals surface area contributed by atoms with Crippen LogP contribution < -0.4 is 0 Å². The minimum absolute atomic E-state index is 0.240. The summed E-state index contributed by atoms with van der Waals surface area (Å²) in [7, 11) is 0. The fraction of sp³-hybridized carbons (Fsp3) is 1.00. The van der Waals surface area contributed by atoms with Crippen LogP contribution in [0.3, 0.4) is 0 Å². The molecule has 0 aromatic rings. The van der Waals surface area contributed by atoms with Gasteiger partial charge in [-0.05, 0) is 67.6 Å². The van der Waals surface area contributed by atoms with Crippen LogP contribution in [0.2, 0.25) is 0 Å². The molecule has 1 heterocycles. The summed E-state index contributed by atoms with van der Waals surface area (Å²) in [6, 6.07) is 0. The van der Waals surface area contributed by atoms with Gasteiger partial charge in [0, 0.05) is 0 Å². The lowest BCUT2D eigenvalue weighted by Gasteiger charge is -2.44. The van der Waals surface area contributed by atoms with Gasteiger partial charge >= 0.3 is 0 Å². The molecule has 90 valence electrons. The molecule has 2 bridgehead atoms. The number of hydrogen-bond donors (Lipinski definition) is 0. The summed E-state index contributed by atoms with van der Waals surface area (Å²) in [5.41, 5.74) is 1.49. The Morgan fingerprint density at radius 1 is 1.06 bits per heavy atom. The Morgan fingerprint density at radius 3 is 2.69 bits per heavy atom. The minimum Gasteiger partial charge on any atom is -0.374 e. The second kappa shape index (κ2) is 2.53. The van der Waals surface area contributed by atoms with E-state index in [2.05, 4.69) is 20.8 Å². The molecule has 3 saturated carbocycles. The zero-order chi connectivity index (χ0) is 11.2. The second-order valence-electron chi connectivity index (χ2n) is 7.63. The lowest BCUT2D eigenvalue weighted by atomic mass is 9.64. The van der Waals surface area contributed by atoms with Crippen LogP contribution in [0.5, 0.6) is 0 Å². The molecular formula is C15H24O. The lowest BCUT2D eigenvalue weighted by Crippen LogP contribution is -2.41. The van der Waals surface area contributed by atoms with Crippen molar-refractivity contribution in [3.8, 4) is 0 Å². The van der Waals surface area contributed by atoms with Gasteiger partial charge in [0.05, 0.1) is 12.2 Å². The van der Waals surface area contributed by atoms with E-state index in [1.165, 1.54) is 32.1 Å². The number of fused-ring (bicyclic) bond motifs is 1. The van der Waals surface area contributed by atoms with E-state index in [4.69, 9.17) is 4.74 Å². The summed E-state index contributed by atoms with van der Waals surface area (Å²) in [6.45, 7) is 8.50. The van der Waals surface area contributed by atoms with Crippen LogP contribution in [0.4, 0.5) is 0 Å². The maximum atomic E-state index is 6.24. The Bertz CT molecular complexity index is 351. The Morgan fingerprint density at radius 2 is 1.88 bits per heavy atom. The van der Waals surface area contributed by atoms with E-state index in [0.717, 1.165) is 29.8 Å². The third-order valence-corrected chi connectivity index (χ3v) is 7.28. The van der Waals surface area contributed by atoms with Crippen LogP contribution in [0.15, 0.2) is 0 Å². The average molecular weight is 220 g/mol. The topological polar surface area (TPSA) is 9.23 Å². The number of ether oxygens (including phenoxy) is 1. The molecule has 6 atom stereocenters. The summed E-state index contributed by atoms with van der Waals surface area (Å²) in [5, 5.41) is 0. The molecule has 1 spiro atoms. The smallest absolute Gasteiger partial charge is 0.0689 e. The molecule has 0 radical (unpaired) electrons. The first-order valence-electron chi connectivity index (χ1n) is 7.15. The fourth-order valence-electron chi connectivity index (χ4n) is 6.31. The third-order valence-electron chi connectivity index (χ3n) is 7.28. The van der Waals surface area contributed by atoms with Crippen molar-refractivity contribution in [2.75, 3.05) is 6.61 Å². The van der Waals surface area contributed by atoms with Crippen molar-refractivity contribution >= 4 is 0 Å². The minimum atomic E-state index is 0.240. The first-order chi connectivity index (χ1) is 7.51. The molecule has 1 aliphatic heterocycles. The van der Waals surface area contributed by atoms with Gasteiger partial charge in [-0.15, -0.1) is 0 Å². The molecule has 4 rings (SSSR count). The highest BCUT2D eigenvalue weighted by Gasteiger charge is 2.72. The Kier molecular flexibility index (Phi) is 1.57. The zero-order valence-corrected chi connectivity index (χ0v) is 10.9. The van der Waals surface area contributed by atoms with Gasteiger partial charge in [0.1, 0.15) is 0 Å². The van der Waals surface area contributed by atoms with Crippen molar-refractivity contribution in [3.63, 3.8) is 0 Å². The molecule has 0 aromatic heterocycles. The van der Waals surface area contributed by atoms with Crippen molar-refractivity contribution in [2.24, 2.45) is 28.6 Å². The van der Waals surface area contributed by atoms with Crippen LogP contribution in [-0.2, 0) is 4.74 Å². The van der Waals surface area contributed by atoms with Gasteiger partial charge in [-0.2, -0.15) is 0 Å². The van der Waals surface area contributed by atoms with Gasteiger partial charge in [-0.1, -0.05) is 13.8 Å². The maximum absolute atomic E-state index is 6.24. The first-order valence-corrected chi connectivity index (χ1v) is 7.15. The normalized spacial score (nSPS) is 67.3. The van der Waals surface area contributed by atoms with Gasteiger partial charge in [0.2, 0.25) is 0 Å². The Balaban J connectivity index is 1.87. The van der Waals surface area contributed by atoms with E-state index in [0.29, 0.717) is 5.41 Å². The van der Waals surface area contributed by atoms with Crippen LogP contribution in [0.25, 0.3) is 0 Å². The molecule has 0 amide bonds. The highest BCUT2D eigenvalue weighted by atomic mass is 16.5. The highest BCUT2D eigenvalue weighted by Crippen LogP contribution is 2.76. The summed E-state index contributed by atoms with van der Waals surface area (Å²) in [4.78, 5) is 0. The molecule has 16 heavy (non-hydrogen) atoms. The summed E-state index contributed by atoms with van der Waals surface area (Å²) in [5.74, 6) is 2.82. The van der Waals surface area contributed by atoms with Crippen molar-refractivity contribution in [2.45, 2.75) is 58.5 Å². The summed E-state index contributed by atoms with van der Waals surface area (Å²) >= 11 is 0. The van der Waals surface area contributed by atoms with E-state index in [9.17, 15) is 0 Å². The third kappa shape index (κ3) is 0.805. The van der Waals surface area contributed by atoms with Crippen molar-refractivity contribution < 1.29 is 4.74 Å². The van der Waals surface area contributed by atoms with Crippen LogP contribution in [0.1, 0.15) is 52.9 Å². The van der Waals surface area contributed by atoms with Gasteiger partial charge in [0.15, 0.2) is 0 Å². The van der Waals surface area contributed by atoms with E-state index in [1.54, 1.807) is 0 Å². The fourth-order valence-corrected chi connectivity index (χ4v) is 6.31. The Labute approximate surface area is 98.9 Å². The molecule has 1 heteroatoms. The molecule has 3 aliphatic carbocycles. The summed E-state index contributed by atoms with van der Waals surface area (Å²) < 4.78 is 6.24. The zero-order valence-electron chi connectivity index (χ0n) is 10.9. The molecular weight excluding hydrogens is 196 g/mol. The highest BCUT2D eigenvalue weighted by molar-refractivity contribution is 5.21. The second-order valence-corrected chi connectivity index (χ2v) is 7.63. The van der Waals surface area contributed by atoms with Gasteiger partial charge in [0.25, 0.3) is 0 Å². The maximum Gasteiger partial charge on any atom is 0.0689 e. The monoisotopic (exact) mass is 220 g/mol. The molecule has 1 saturated heterocycles. The number of hydrogen-bond acceptors (Lipinski definition) is 1. The molecule has 1 nitrogen and oxygen atoms in total. The average Bonchev–Trinajstić information content (AvgIpc) is 2.77. The predicted octanol–water partition coefficient (Wildman–Crippen LogP) is 3.63. The van der Waals surface area contributed by atoms with Crippen LogP contribution >= 0.6 is 0 Å². The van der Waals surface area contributed by atoms with Gasteiger partial charge < -0.3 is 4.74 Å². The van der Waals surface area contributed by atoms with Crippen molar-refractivity contribution in [1.82, 2.24) is 0 Å². The Hall–Kier alpha value is -0.0400. The van der Waals surface area contributed by atoms with Gasteiger partial charge in [-0.25, -0.2) is 0 Å². The standard InChI is InChI=1S/C15H24O/c1-10-4-5-11-13(2)9-16-14(3)6-7-15(10,11)8-12(13)14/h10-12H,4-9H2,1-3H3. The molecule has 6 unspecified atom stereocenters. The van der Waals surface area contributed by atoms with Gasteiger partial charge in [-0.3, -0.25) is 0 Å². The van der Waals surface area contributed by atoms with Crippen LogP contribution in [-0.4, -0.2) is 12.2 Å². The predicted molar refractivity (Wildman–Crippen MR) is 64.1 cm³/mol. The molecule has 0 N–H and O–H groups in total. The largest absolute Gasteiger partial charge is 0.374 e. The van der Waals surface area contributed by atoms with E-state index < -0.39 is 0 Å². The van der Waals surface area contributed by atoms with Crippen LogP contribution in [0, 0.1) is 28.6 Å². The lowest BCUT2D eigenvalue weighted by molar-refractivity contribution is -0.0727. The van der Waals surface area contributed by atoms with E-state index >= 15 is 0 Å². The molecule has 4 aliphatic rings. The van der Waals surface area contributed by atoms with Crippen molar-refractivity contribution in [1.29, 1.82) is 0 Å². The molecule has 0 aromatic carbocycles. The number of rotatable bonds is 0. The van der Waals surface area contributed by atoms with E-state index in [1.807, 2.05) is 0 Å². The summed E-state index contributed by atoms with van der Waals surface area (Å²) in [6.07, 6.45) is 7.21. The van der Waals surface area contributed by atoms with E-state index in [-0.39, 0.29) is 5.60 Å². The first kappa shape index (κ1) is 9.94.